The first kappa shape index (κ1) is 77.1. The normalized spacial score (nSPS) is 12.9. The van der Waals surface area contributed by atoms with Crippen molar-refractivity contribution in [2.24, 2.45) is 0 Å². The molecule has 28 rings (SSSR count). The lowest BCUT2D eigenvalue weighted by atomic mass is 9.67. The lowest BCUT2D eigenvalue weighted by Gasteiger charge is -2.34. The second-order valence-electron chi connectivity index (χ2n) is 35.9. The second kappa shape index (κ2) is 30.6. The molecule has 0 N–H and O–H groups in total. The first-order valence-corrected chi connectivity index (χ1v) is 46.4. The van der Waals surface area contributed by atoms with Gasteiger partial charge < -0.3 is 22.7 Å². The smallest absolute Gasteiger partial charge is 0.187 e. The third-order valence-electron chi connectivity index (χ3n) is 29.0. The maximum atomic E-state index is 7.33. The Bertz CT molecular complexity index is 9270. The van der Waals surface area contributed by atoms with Gasteiger partial charge in [-0.15, -0.1) is 0 Å². The van der Waals surface area contributed by atoms with Crippen molar-refractivity contribution in [1.82, 2.24) is 18.3 Å². The summed E-state index contributed by atoms with van der Waals surface area (Å²) >= 11 is 0. The van der Waals surface area contributed by atoms with E-state index in [-0.39, 0.29) is 0 Å². The predicted molar refractivity (Wildman–Crippen MR) is 560 cm³/mol. The lowest BCUT2D eigenvalue weighted by molar-refractivity contribution is 0.669. The molecule has 0 saturated heterocycles. The summed E-state index contributed by atoms with van der Waals surface area (Å²) in [4.78, 5) is 3.56. The van der Waals surface area contributed by atoms with Crippen molar-refractivity contribution in [3.8, 4) is 89.5 Å². The Hall–Kier alpha value is -17.9. The Labute approximate surface area is 779 Å². The molecule has 5 heterocycles. The maximum absolute atomic E-state index is 7.33. The molecule has 0 radical (unpaired) electrons. The van der Waals surface area contributed by atoms with Gasteiger partial charge in [-0.2, -0.15) is 0 Å². The van der Waals surface area contributed by atoms with Gasteiger partial charge in [0.2, 0.25) is 0 Å². The van der Waals surface area contributed by atoms with E-state index >= 15 is 0 Å². The van der Waals surface area contributed by atoms with E-state index in [2.05, 4.69) is 490 Å². The summed E-state index contributed by atoms with van der Waals surface area (Å²) in [7, 11) is 0. The minimum atomic E-state index is -0.478. The van der Waals surface area contributed by atoms with Crippen molar-refractivity contribution in [3.63, 3.8) is 0 Å². The van der Waals surface area contributed by atoms with Gasteiger partial charge in [0.25, 0.3) is 0 Å². The van der Waals surface area contributed by atoms with Crippen LogP contribution >= 0.6 is 0 Å². The number of fused-ring (bicyclic) bond motifs is 21. The van der Waals surface area contributed by atoms with Gasteiger partial charge in [-0.25, -0.2) is 4.85 Å². The highest BCUT2D eigenvalue weighted by Crippen LogP contribution is 2.61. The standard InChI is InChI=1S/C67H42N2O.C62H39N3/c1-4-17-46(18-5-1)67(47-19-6-2-7-20-47)58-27-13-10-25-53(58)66-50(26-16-28-59(66)67)45-33-37-64-56(41-45)57-42-49(34-38-65(57)70-64)69-61-30-15-12-24-52(61)55-40-44(32-36-63(55)69)43-31-35-62-54(39-43)51-23-11-14-29-60(51)68(62)48-21-8-3-9-22-48;1-63-47-33-27-41(28-34-47)42-29-35-48(36-30-42)64-56-24-12-9-19-49(56)52-39-43(31-37-58(52)64)44-32-38-59-53(40-44)50-20-10-13-25-57(50)65(59)60-26-14-23-55-61(60)51-21-8-11-22-54(51)62(55,45-15-4-2-5-16-45)46-17-6-3-7-18-46/h1-42H;2-40H. The molecule has 2 aliphatic rings. The van der Waals surface area contributed by atoms with Crippen LogP contribution in [-0.2, 0) is 10.8 Å². The molecule has 0 bridgehead atoms. The molecule has 6 heteroatoms. The summed E-state index contributed by atoms with van der Waals surface area (Å²) < 4.78 is 16.3. The van der Waals surface area contributed by atoms with E-state index in [0.29, 0.717) is 5.69 Å². The van der Waals surface area contributed by atoms with Crippen LogP contribution < -0.4 is 0 Å². The number of furan rings is 1. The van der Waals surface area contributed by atoms with Crippen molar-refractivity contribution < 1.29 is 4.42 Å². The van der Waals surface area contributed by atoms with Crippen LogP contribution in [0.25, 0.3) is 204 Å². The molecule has 0 unspecified atom stereocenters. The van der Waals surface area contributed by atoms with Crippen molar-refractivity contribution in [3.05, 3.63) is 547 Å². The maximum Gasteiger partial charge on any atom is 0.187 e. The fourth-order valence-corrected chi connectivity index (χ4v) is 23.3. The Morgan fingerprint density at radius 2 is 0.496 bits per heavy atom. The van der Waals surface area contributed by atoms with Crippen LogP contribution in [0.1, 0.15) is 44.5 Å². The SMILES string of the molecule is [C-]#[N+]c1ccc(-c2ccc(-n3c4ccccc4c4cc(-c5ccc6c(c5)c5ccccc5n6-c5cccc6c5-c5ccccc5C6(c5ccccc5)c5ccccc5)ccc43)cc2)cc1.c1ccc(-n2c3ccccc3c3cc(-c4ccc5c(c4)c4ccccc4n5-c4ccc5oc6ccc(-c7cccc8c7-c7ccccc7C8(c7ccccc7)c7ccccc7)cc6c5c4)ccc32)cc1. The van der Waals surface area contributed by atoms with Crippen molar-refractivity contribution in [2.45, 2.75) is 10.8 Å². The van der Waals surface area contributed by atoms with Gasteiger partial charge in [0.05, 0.1) is 67.2 Å². The molecule has 0 amide bonds. The third-order valence-corrected chi connectivity index (χ3v) is 29.0. The van der Waals surface area contributed by atoms with Crippen LogP contribution in [-0.4, -0.2) is 18.3 Å². The molecule has 135 heavy (non-hydrogen) atoms. The number of aromatic nitrogens is 4. The minimum absolute atomic E-state index is 0.466. The summed E-state index contributed by atoms with van der Waals surface area (Å²) in [6.07, 6.45) is 0. The predicted octanol–water partition coefficient (Wildman–Crippen LogP) is 33.6. The van der Waals surface area contributed by atoms with Gasteiger partial charge in [0, 0.05) is 76.5 Å². The van der Waals surface area contributed by atoms with Gasteiger partial charge in [-0.3, -0.25) is 0 Å². The zero-order chi connectivity index (χ0) is 89.0. The zero-order valence-corrected chi connectivity index (χ0v) is 73.4. The summed E-state index contributed by atoms with van der Waals surface area (Å²) in [6, 6.07) is 180. The van der Waals surface area contributed by atoms with Gasteiger partial charge in [0.1, 0.15) is 11.2 Å². The number of para-hydroxylation sites is 5. The molecule has 0 spiro atoms. The van der Waals surface area contributed by atoms with Crippen LogP contribution in [0.15, 0.2) is 496 Å². The van der Waals surface area contributed by atoms with E-state index in [1.54, 1.807) is 0 Å². The van der Waals surface area contributed by atoms with E-state index in [4.69, 9.17) is 11.0 Å². The van der Waals surface area contributed by atoms with Crippen LogP contribution in [0.2, 0.25) is 0 Å². The van der Waals surface area contributed by atoms with Crippen LogP contribution in [0.3, 0.4) is 0 Å². The molecule has 0 atom stereocenters. The highest BCUT2D eigenvalue weighted by Gasteiger charge is 2.49. The van der Waals surface area contributed by atoms with E-state index in [1.807, 2.05) is 24.3 Å². The third kappa shape index (κ3) is 11.7. The highest BCUT2D eigenvalue weighted by molar-refractivity contribution is 6.17. The molecule has 5 aromatic heterocycles. The first-order valence-electron chi connectivity index (χ1n) is 46.4. The number of benzene rings is 21. The zero-order valence-electron chi connectivity index (χ0n) is 73.4. The van der Waals surface area contributed by atoms with E-state index in [9.17, 15) is 0 Å². The van der Waals surface area contributed by atoms with Crippen molar-refractivity contribution in [2.75, 3.05) is 0 Å². The summed E-state index contributed by atoms with van der Waals surface area (Å²) in [5.74, 6) is 0. The molecular weight excluding hydrogens is 1640 g/mol. The monoisotopic (exact) mass is 1720 g/mol. The van der Waals surface area contributed by atoms with E-state index in [0.717, 1.165) is 55.7 Å². The van der Waals surface area contributed by atoms with Gasteiger partial charge in [-0.05, 0) is 239 Å². The number of nitrogens with zero attached hydrogens (tertiary/aromatic N) is 5. The minimum Gasteiger partial charge on any atom is -0.456 e. The molecule has 2 aliphatic carbocycles. The topological polar surface area (TPSA) is 37.2 Å². The Morgan fingerprint density at radius 1 is 0.193 bits per heavy atom. The Kier molecular flexibility index (Phi) is 17.5. The quantitative estimate of drug-likeness (QED) is 0.112. The summed E-state index contributed by atoms with van der Waals surface area (Å²) in [5.41, 5.74) is 40.2. The molecule has 0 aliphatic heterocycles. The van der Waals surface area contributed by atoms with Crippen molar-refractivity contribution in [1.29, 1.82) is 0 Å². The Morgan fingerprint density at radius 3 is 0.956 bits per heavy atom. The summed E-state index contributed by atoms with van der Waals surface area (Å²) in [6.45, 7) is 7.33. The first-order chi connectivity index (χ1) is 66.9. The number of rotatable bonds is 12. The van der Waals surface area contributed by atoms with Crippen molar-refractivity contribution >= 4 is 115 Å². The summed E-state index contributed by atoms with van der Waals surface area (Å²) in [5, 5.41) is 12.0. The fraction of sp³-hybridized carbons (Fsp3) is 0.0155. The van der Waals surface area contributed by atoms with Gasteiger partial charge in [-0.1, -0.05) is 358 Å². The van der Waals surface area contributed by atoms with Gasteiger partial charge >= 0.3 is 0 Å². The molecule has 0 fully saturated rings. The van der Waals surface area contributed by atoms with Gasteiger partial charge in [0.15, 0.2) is 5.69 Å². The molecular formula is C129H81N5O. The van der Waals surface area contributed by atoms with Crippen LogP contribution in [0, 0.1) is 6.57 Å². The second-order valence-corrected chi connectivity index (χ2v) is 35.9. The average Bonchev–Trinajstić information content (AvgIpc) is 1.53. The highest BCUT2D eigenvalue weighted by atomic mass is 16.3. The molecule has 21 aromatic carbocycles. The molecule has 628 valence electrons. The fourth-order valence-electron chi connectivity index (χ4n) is 23.3. The number of hydrogen-bond donors (Lipinski definition) is 0. The number of hydrogen-bond acceptors (Lipinski definition) is 1. The molecule has 26 aromatic rings. The Balaban J connectivity index is 0.000000138. The largest absolute Gasteiger partial charge is 0.456 e. The van der Waals surface area contributed by atoms with E-state index in [1.165, 1.54) is 187 Å². The van der Waals surface area contributed by atoms with Crippen LogP contribution in [0.5, 0.6) is 0 Å². The average molecular weight is 1720 g/mol. The van der Waals surface area contributed by atoms with E-state index < -0.39 is 10.8 Å². The van der Waals surface area contributed by atoms with Crippen LogP contribution in [0.4, 0.5) is 5.69 Å². The lowest BCUT2D eigenvalue weighted by Crippen LogP contribution is -2.28. The molecule has 0 saturated carbocycles. The molecule has 6 nitrogen and oxygen atoms in total.